The Morgan fingerprint density at radius 2 is 0.885 bits per heavy atom. The van der Waals surface area contributed by atoms with Crippen molar-refractivity contribution in [2.75, 3.05) is 0 Å². The first-order valence-corrected chi connectivity index (χ1v) is 21.0. The molecule has 0 fully saturated rings. The van der Waals surface area contributed by atoms with Gasteiger partial charge < -0.3 is 0 Å². The smallest absolute Gasteiger partial charge is 0.160 e. The Balaban J connectivity index is 1.03. The molecule has 286 valence electrons. The second-order valence-electron chi connectivity index (χ2n) is 16.8. The molecule has 0 bridgehead atoms. The van der Waals surface area contributed by atoms with E-state index in [4.69, 9.17) is 9.97 Å². The fraction of sp³-hybridized carbons (Fsp3) is 0.0517. The van der Waals surface area contributed by atoms with Crippen LogP contribution in [0, 0.1) is 0 Å². The summed E-state index contributed by atoms with van der Waals surface area (Å²) in [6.45, 7) is 4.68. The molecule has 1 aliphatic rings. The molecule has 2 heterocycles. The lowest BCUT2D eigenvalue weighted by Crippen LogP contribution is -2.14. The highest BCUT2D eigenvalue weighted by Crippen LogP contribution is 2.50. The van der Waals surface area contributed by atoms with Crippen molar-refractivity contribution in [1.82, 2.24) is 15.0 Å². The molecule has 11 aromatic rings. The second-order valence-corrected chi connectivity index (χ2v) is 16.8. The molecule has 0 saturated heterocycles. The van der Waals surface area contributed by atoms with Crippen molar-refractivity contribution < 1.29 is 0 Å². The number of nitrogens with zero attached hydrogens (tertiary/aromatic N) is 3. The maximum Gasteiger partial charge on any atom is 0.160 e. The van der Waals surface area contributed by atoms with E-state index >= 15 is 0 Å². The molecule has 0 unspecified atom stereocenters. The summed E-state index contributed by atoms with van der Waals surface area (Å²) in [5.41, 5.74) is 14.8. The predicted molar refractivity (Wildman–Crippen MR) is 255 cm³/mol. The van der Waals surface area contributed by atoms with Crippen LogP contribution in [0.3, 0.4) is 0 Å². The van der Waals surface area contributed by atoms with Crippen LogP contribution in [0.4, 0.5) is 0 Å². The van der Waals surface area contributed by atoms with Gasteiger partial charge in [-0.05, 0) is 112 Å². The summed E-state index contributed by atoms with van der Waals surface area (Å²) in [5, 5.41) is 9.87. The van der Waals surface area contributed by atoms with Gasteiger partial charge in [0.1, 0.15) is 0 Å². The Kier molecular flexibility index (Phi) is 7.88. The first-order valence-electron chi connectivity index (χ1n) is 21.0. The molecular weight excluding hydrogens is 739 g/mol. The molecule has 61 heavy (non-hydrogen) atoms. The molecule has 0 saturated carbocycles. The summed E-state index contributed by atoms with van der Waals surface area (Å²) in [6.07, 6.45) is 3.70. The number of aromatic nitrogens is 3. The number of benzene rings is 9. The molecule has 12 rings (SSSR count). The third-order valence-corrected chi connectivity index (χ3v) is 13.0. The number of pyridine rings is 1. The third-order valence-electron chi connectivity index (χ3n) is 13.0. The monoisotopic (exact) mass is 777 g/mol. The quantitative estimate of drug-likeness (QED) is 0.163. The van der Waals surface area contributed by atoms with Crippen LogP contribution in [0.2, 0.25) is 0 Å². The van der Waals surface area contributed by atoms with Crippen LogP contribution in [-0.2, 0) is 5.41 Å². The average Bonchev–Trinajstić information content (AvgIpc) is 3.56. The molecular formula is C58H39N3. The normalized spacial score (nSPS) is 12.9. The zero-order chi connectivity index (χ0) is 40.7. The lowest BCUT2D eigenvalue weighted by Gasteiger charge is -2.22. The van der Waals surface area contributed by atoms with Crippen LogP contribution in [0.5, 0.6) is 0 Å². The van der Waals surface area contributed by atoms with Gasteiger partial charge in [0, 0.05) is 34.5 Å². The first kappa shape index (κ1) is 35.2. The molecule has 3 nitrogen and oxygen atoms in total. The van der Waals surface area contributed by atoms with Crippen molar-refractivity contribution in [1.29, 1.82) is 0 Å². The van der Waals surface area contributed by atoms with Crippen molar-refractivity contribution in [3.05, 3.63) is 212 Å². The zero-order valence-electron chi connectivity index (χ0n) is 33.9. The summed E-state index contributed by atoms with van der Waals surface area (Å²) < 4.78 is 0. The molecule has 0 aliphatic heterocycles. The van der Waals surface area contributed by atoms with Gasteiger partial charge in [-0.3, -0.25) is 4.98 Å². The summed E-state index contributed by atoms with van der Waals surface area (Å²) in [6, 6.07) is 68.2. The van der Waals surface area contributed by atoms with Gasteiger partial charge in [-0.2, -0.15) is 0 Å². The van der Waals surface area contributed by atoms with Crippen LogP contribution in [0.25, 0.3) is 110 Å². The predicted octanol–water partition coefficient (Wildman–Crippen LogP) is 15.1. The highest BCUT2D eigenvalue weighted by molar-refractivity contribution is 6.33. The van der Waals surface area contributed by atoms with E-state index < -0.39 is 0 Å². The summed E-state index contributed by atoms with van der Waals surface area (Å²) >= 11 is 0. The van der Waals surface area contributed by atoms with Gasteiger partial charge in [-0.1, -0.05) is 178 Å². The molecule has 0 radical (unpaired) electrons. The lowest BCUT2D eigenvalue weighted by atomic mass is 9.81. The van der Waals surface area contributed by atoms with Gasteiger partial charge in [0.05, 0.1) is 11.4 Å². The van der Waals surface area contributed by atoms with Crippen molar-refractivity contribution >= 4 is 43.1 Å². The Bertz CT molecular complexity index is 3530. The van der Waals surface area contributed by atoms with Crippen LogP contribution in [-0.4, -0.2) is 15.0 Å². The van der Waals surface area contributed by atoms with E-state index in [1.54, 1.807) is 6.20 Å². The number of hydrogen-bond donors (Lipinski definition) is 0. The van der Waals surface area contributed by atoms with Crippen LogP contribution < -0.4 is 0 Å². The molecule has 0 N–H and O–H groups in total. The summed E-state index contributed by atoms with van der Waals surface area (Å²) in [7, 11) is 0. The van der Waals surface area contributed by atoms with Crippen LogP contribution in [0.1, 0.15) is 25.0 Å². The van der Waals surface area contributed by atoms with Gasteiger partial charge in [-0.25, -0.2) is 9.97 Å². The minimum Gasteiger partial charge on any atom is -0.264 e. The Morgan fingerprint density at radius 3 is 1.61 bits per heavy atom. The lowest BCUT2D eigenvalue weighted by molar-refractivity contribution is 0.660. The van der Waals surface area contributed by atoms with E-state index in [9.17, 15) is 0 Å². The molecule has 1 aliphatic carbocycles. The van der Waals surface area contributed by atoms with Crippen molar-refractivity contribution in [3.8, 4) is 67.3 Å². The van der Waals surface area contributed by atoms with Crippen LogP contribution in [0.15, 0.2) is 200 Å². The average molecular weight is 778 g/mol. The molecule has 9 aromatic carbocycles. The zero-order valence-corrected chi connectivity index (χ0v) is 33.9. The Morgan fingerprint density at radius 1 is 0.344 bits per heavy atom. The third kappa shape index (κ3) is 5.62. The standard InChI is InChI=1S/C58H39N3/c1-58(2)52-20-10-9-17-46(52)47-30-29-40(32-53(47)58)36-21-25-38(26-22-36)54-34-55(61-57(60-54)39-27-23-37(24-28-39)41-12-11-31-59-35-41)50-33-51-44-15-4-3-13-42(44)43-14-5-7-18-48(43)56(51)49-19-8-6-16-45(49)50/h3-35H,1-2H3. The SMILES string of the molecule is CC1(C)c2ccccc2-c2ccc(-c3ccc(-c4cc(-c5cc6c7ccccc7c7ccccc7c6c6ccccc56)nc(-c5ccc(-c6cccnc6)cc5)n4)cc3)cc21. The van der Waals surface area contributed by atoms with Gasteiger partial charge in [-0.15, -0.1) is 0 Å². The summed E-state index contributed by atoms with van der Waals surface area (Å²) in [5.74, 6) is 0.683. The van der Waals surface area contributed by atoms with Gasteiger partial charge in [0.15, 0.2) is 5.82 Å². The van der Waals surface area contributed by atoms with E-state index in [1.807, 2.05) is 12.3 Å². The van der Waals surface area contributed by atoms with Crippen molar-refractivity contribution in [2.24, 2.45) is 0 Å². The minimum atomic E-state index is -0.0574. The highest BCUT2D eigenvalue weighted by Gasteiger charge is 2.35. The molecule has 0 atom stereocenters. The van der Waals surface area contributed by atoms with Crippen molar-refractivity contribution in [2.45, 2.75) is 19.3 Å². The van der Waals surface area contributed by atoms with Gasteiger partial charge in [0.2, 0.25) is 0 Å². The molecule has 0 amide bonds. The second kappa shape index (κ2) is 13.7. The molecule has 0 spiro atoms. The Hall–Kier alpha value is -7.75. The molecule has 3 heteroatoms. The maximum absolute atomic E-state index is 5.41. The Labute approximate surface area is 354 Å². The van der Waals surface area contributed by atoms with Gasteiger partial charge in [0.25, 0.3) is 0 Å². The van der Waals surface area contributed by atoms with Crippen LogP contribution >= 0.6 is 0 Å². The fourth-order valence-corrected chi connectivity index (χ4v) is 9.90. The van der Waals surface area contributed by atoms with E-state index in [0.29, 0.717) is 5.82 Å². The topological polar surface area (TPSA) is 38.7 Å². The number of rotatable bonds is 5. The van der Waals surface area contributed by atoms with E-state index in [2.05, 4.69) is 201 Å². The summed E-state index contributed by atoms with van der Waals surface area (Å²) in [4.78, 5) is 15.1. The largest absolute Gasteiger partial charge is 0.264 e. The highest BCUT2D eigenvalue weighted by atomic mass is 14.9. The molecule has 2 aromatic heterocycles. The van der Waals surface area contributed by atoms with E-state index in [1.165, 1.54) is 71.1 Å². The van der Waals surface area contributed by atoms with E-state index in [0.717, 1.165) is 44.6 Å². The first-order chi connectivity index (χ1) is 30.0. The maximum atomic E-state index is 5.41. The number of hydrogen-bond acceptors (Lipinski definition) is 3. The van der Waals surface area contributed by atoms with Crippen molar-refractivity contribution in [3.63, 3.8) is 0 Å². The van der Waals surface area contributed by atoms with Gasteiger partial charge >= 0.3 is 0 Å². The number of fused-ring (bicyclic) bond motifs is 11. The van der Waals surface area contributed by atoms with E-state index in [-0.39, 0.29) is 5.41 Å². The fourth-order valence-electron chi connectivity index (χ4n) is 9.90. The minimum absolute atomic E-state index is 0.0574.